The molecule has 17 heavy (non-hydrogen) atoms. The average Bonchev–Trinajstić information content (AvgIpc) is 2.73. The molecule has 3 nitrogen and oxygen atoms in total. The van der Waals surface area contributed by atoms with Crippen molar-refractivity contribution in [2.45, 2.75) is 6.54 Å². The van der Waals surface area contributed by atoms with Gasteiger partial charge >= 0.3 is 0 Å². The summed E-state index contributed by atoms with van der Waals surface area (Å²) in [6.07, 6.45) is 1.02. The standard InChI is InChI=1S/C11H8BrFN2OS/c12-7-3-9(17-6-7)5-15-11(16)10-2-1-8(13)4-14-10/h1-4,6H,5H2,(H,15,16). The molecule has 0 spiro atoms. The first-order valence-electron chi connectivity index (χ1n) is 4.78. The Labute approximate surface area is 110 Å². The molecule has 0 aliphatic carbocycles. The molecule has 0 aliphatic rings. The third-order valence-electron chi connectivity index (χ3n) is 2.00. The predicted molar refractivity (Wildman–Crippen MR) is 67.4 cm³/mol. The molecule has 0 saturated carbocycles. The zero-order chi connectivity index (χ0) is 12.3. The van der Waals surface area contributed by atoms with Crippen LogP contribution in [0.1, 0.15) is 15.4 Å². The van der Waals surface area contributed by atoms with Crippen molar-refractivity contribution in [3.8, 4) is 0 Å². The molecular formula is C11H8BrFN2OS. The number of pyridine rings is 1. The van der Waals surface area contributed by atoms with Crippen molar-refractivity contribution in [1.29, 1.82) is 0 Å². The summed E-state index contributed by atoms with van der Waals surface area (Å²) in [6.45, 7) is 0.439. The van der Waals surface area contributed by atoms with Gasteiger partial charge in [-0.15, -0.1) is 11.3 Å². The molecule has 0 fully saturated rings. The summed E-state index contributed by atoms with van der Waals surface area (Å²) in [4.78, 5) is 16.4. The zero-order valence-electron chi connectivity index (χ0n) is 8.61. The van der Waals surface area contributed by atoms with Crippen LogP contribution in [-0.4, -0.2) is 10.9 Å². The lowest BCUT2D eigenvalue weighted by Gasteiger charge is -2.02. The molecule has 0 aromatic carbocycles. The van der Waals surface area contributed by atoms with Crippen molar-refractivity contribution in [3.63, 3.8) is 0 Å². The van der Waals surface area contributed by atoms with Crippen LogP contribution in [0.4, 0.5) is 4.39 Å². The maximum Gasteiger partial charge on any atom is 0.270 e. The van der Waals surface area contributed by atoms with Gasteiger partial charge in [0.25, 0.3) is 5.91 Å². The largest absolute Gasteiger partial charge is 0.346 e. The molecule has 2 aromatic rings. The lowest BCUT2D eigenvalue weighted by atomic mass is 10.3. The van der Waals surface area contributed by atoms with Crippen LogP contribution < -0.4 is 5.32 Å². The van der Waals surface area contributed by atoms with E-state index in [4.69, 9.17) is 0 Å². The Morgan fingerprint density at radius 2 is 2.35 bits per heavy atom. The maximum atomic E-state index is 12.6. The number of nitrogens with zero attached hydrogens (tertiary/aromatic N) is 1. The van der Waals surface area contributed by atoms with Crippen LogP contribution in [-0.2, 0) is 6.54 Å². The SMILES string of the molecule is O=C(NCc1cc(Br)cs1)c1ccc(F)cn1. The number of carbonyl (C=O) groups is 1. The van der Waals surface area contributed by atoms with Crippen molar-refractivity contribution < 1.29 is 9.18 Å². The second kappa shape index (κ2) is 5.37. The molecule has 0 bridgehead atoms. The van der Waals surface area contributed by atoms with Crippen molar-refractivity contribution in [3.05, 3.63) is 50.6 Å². The first kappa shape index (κ1) is 12.2. The molecule has 6 heteroatoms. The third kappa shape index (κ3) is 3.34. The maximum absolute atomic E-state index is 12.6. The van der Waals surface area contributed by atoms with E-state index in [2.05, 4.69) is 26.2 Å². The van der Waals surface area contributed by atoms with Gasteiger partial charge in [-0.25, -0.2) is 9.37 Å². The van der Waals surface area contributed by atoms with Gasteiger partial charge in [0.1, 0.15) is 11.5 Å². The smallest absolute Gasteiger partial charge is 0.270 e. The van der Waals surface area contributed by atoms with Crippen LogP contribution in [0.15, 0.2) is 34.2 Å². The summed E-state index contributed by atoms with van der Waals surface area (Å²) >= 11 is 4.88. The van der Waals surface area contributed by atoms with E-state index in [1.54, 1.807) is 11.3 Å². The minimum absolute atomic E-state index is 0.210. The fourth-order valence-corrected chi connectivity index (χ4v) is 2.61. The van der Waals surface area contributed by atoms with Gasteiger partial charge in [0.15, 0.2) is 0 Å². The number of rotatable bonds is 3. The van der Waals surface area contributed by atoms with E-state index >= 15 is 0 Å². The first-order valence-corrected chi connectivity index (χ1v) is 6.45. The fraction of sp³-hybridized carbons (Fsp3) is 0.0909. The van der Waals surface area contributed by atoms with E-state index in [9.17, 15) is 9.18 Å². The van der Waals surface area contributed by atoms with Crippen molar-refractivity contribution >= 4 is 33.2 Å². The number of amides is 1. The molecule has 0 unspecified atom stereocenters. The Kier molecular flexibility index (Phi) is 3.86. The average molecular weight is 315 g/mol. The summed E-state index contributed by atoms with van der Waals surface area (Å²) in [5, 5.41) is 4.66. The molecule has 88 valence electrons. The lowest BCUT2D eigenvalue weighted by Crippen LogP contribution is -2.23. The predicted octanol–water partition coefficient (Wildman–Crippen LogP) is 2.97. The highest BCUT2D eigenvalue weighted by atomic mass is 79.9. The quantitative estimate of drug-likeness (QED) is 0.946. The van der Waals surface area contributed by atoms with Gasteiger partial charge < -0.3 is 5.32 Å². The molecule has 0 saturated heterocycles. The Morgan fingerprint density at radius 1 is 1.53 bits per heavy atom. The molecule has 2 heterocycles. The Hall–Kier alpha value is -1.27. The Balaban J connectivity index is 1.95. The summed E-state index contributed by atoms with van der Waals surface area (Å²) in [5.74, 6) is -0.766. The van der Waals surface area contributed by atoms with Gasteiger partial charge in [0, 0.05) is 14.7 Å². The van der Waals surface area contributed by atoms with Crippen molar-refractivity contribution in [2.24, 2.45) is 0 Å². The summed E-state index contributed by atoms with van der Waals surface area (Å²) in [6, 6.07) is 4.50. The summed E-state index contributed by atoms with van der Waals surface area (Å²) in [7, 11) is 0. The Bertz CT molecular complexity index is 527. The van der Waals surface area contributed by atoms with E-state index in [0.717, 1.165) is 15.5 Å². The number of nitrogens with one attached hydrogen (secondary N) is 1. The van der Waals surface area contributed by atoms with Gasteiger partial charge in [0.05, 0.1) is 12.7 Å². The molecular weight excluding hydrogens is 307 g/mol. The number of thiophene rings is 1. The number of aromatic nitrogens is 1. The molecule has 0 atom stereocenters. The van der Waals surface area contributed by atoms with Gasteiger partial charge in [-0.1, -0.05) is 0 Å². The molecule has 1 amide bonds. The number of halogens is 2. The fourth-order valence-electron chi connectivity index (χ4n) is 1.21. The normalized spacial score (nSPS) is 10.2. The van der Waals surface area contributed by atoms with Gasteiger partial charge in [0.2, 0.25) is 0 Å². The summed E-state index contributed by atoms with van der Waals surface area (Å²) in [5.41, 5.74) is 0.210. The van der Waals surface area contributed by atoms with Gasteiger partial charge in [-0.05, 0) is 34.1 Å². The van der Waals surface area contributed by atoms with Crippen molar-refractivity contribution in [2.75, 3.05) is 0 Å². The minimum atomic E-state index is -0.455. The lowest BCUT2D eigenvalue weighted by molar-refractivity contribution is 0.0946. The minimum Gasteiger partial charge on any atom is -0.346 e. The van der Waals surface area contributed by atoms with Crippen LogP contribution in [0.5, 0.6) is 0 Å². The molecule has 2 aromatic heterocycles. The van der Waals surface area contributed by atoms with E-state index in [1.165, 1.54) is 12.1 Å². The van der Waals surface area contributed by atoms with Crippen molar-refractivity contribution in [1.82, 2.24) is 10.3 Å². The van der Waals surface area contributed by atoms with E-state index in [-0.39, 0.29) is 11.6 Å². The van der Waals surface area contributed by atoms with Crippen LogP contribution in [0.25, 0.3) is 0 Å². The highest BCUT2D eigenvalue weighted by molar-refractivity contribution is 9.10. The van der Waals surface area contributed by atoms with Crippen LogP contribution in [0.3, 0.4) is 0 Å². The third-order valence-corrected chi connectivity index (χ3v) is 3.70. The van der Waals surface area contributed by atoms with Gasteiger partial charge in [-0.3, -0.25) is 4.79 Å². The second-order valence-corrected chi connectivity index (χ2v) is 5.19. The Morgan fingerprint density at radius 3 is 2.94 bits per heavy atom. The molecule has 1 N–H and O–H groups in total. The van der Waals surface area contributed by atoms with E-state index in [1.807, 2.05) is 11.4 Å². The molecule has 2 rings (SSSR count). The summed E-state index contributed by atoms with van der Waals surface area (Å²) < 4.78 is 13.6. The highest BCUT2D eigenvalue weighted by Crippen LogP contribution is 2.19. The van der Waals surface area contributed by atoms with Crippen LogP contribution in [0.2, 0.25) is 0 Å². The highest BCUT2D eigenvalue weighted by Gasteiger charge is 2.07. The molecule has 0 radical (unpaired) electrons. The topological polar surface area (TPSA) is 42.0 Å². The second-order valence-electron chi connectivity index (χ2n) is 3.28. The van der Waals surface area contributed by atoms with Gasteiger partial charge in [-0.2, -0.15) is 0 Å². The van der Waals surface area contributed by atoms with Crippen LogP contribution in [0, 0.1) is 5.82 Å². The number of carbonyl (C=O) groups excluding carboxylic acids is 1. The monoisotopic (exact) mass is 314 g/mol. The van der Waals surface area contributed by atoms with E-state index < -0.39 is 5.82 Å². The number of hydrogen-bond donors (Lipinski definition) is 1. The molecule has 0 aliphatic heterocycles. The zero-order valence-corrected chi connectivity index (χ0v) is 11.0. The van der Waals surface area contributed by atoms with E-state index in [0.29, 0.717) is 6.54 Å². The van der Waals surface area contributed by atoms with Crippen LogP contribution >= 0.6 is 27.3 Å². The number of hydrogen-bond acceptors (Lipinski definition) is 3. The first-order chi connectivity index (χ1) is 8.15.